The van der Waals surface area contributed by atoms with E-state index in [1.807, 2.05) is 24.3 Å². The van der Waals surface area contributed by atoms with E-state index in [1.165, 1.54) is 5.57 Å². The number of nitrogen functional groups attached to an aromatic ring is 1. The van der Waals surface area contributed by atoms with Crippen LogP contribution in [0, 0.1) is 11.3 Å². The van der Waals surface area contributed by atoms with Crippen molar-refractivity contribution in [3.8, 4) is 0 Å². The van der Waals surface area contributed by atoms with Crippen LogP contribution < -0.4 is 11.1 Å². The highest BCUT2D eigenvalue weighted by Crippen LogP contribution is 2.26. The minimum atomic E-state index is -0.732. The largest absolute Gasteiger partial charge is 0.481 e. The normalized spacial score (nSPS) is 22.7. The quantitative estimate of drug-likeness (QED) is 0.480. The predicted octanol–water partition coefficient (Wildman–Crippen LogP) is 2.41. The first kappa shape index (κ1) is 18.9. The molecule has 1 saturated carbocycles. The topological polar surface area (TPSA) is 120 Å². The van der Waals surface area contributed by atoms with Crippen molar-refractivity contribution in [2.75, 3.05) is 13.1 Å². The number of carboxylic acids is 1. The van der Waals surface area contributed by atoms with E-state index in [1.54, 1.807) is 4.90 Å². The molecule has 1 aliphatic heterocycles. The highest BCUT2D eigenvalue weighted by atomic mass is 16.4. The Balaban J connectivity index is 1.51. The van der Waals surface area contributed by atoms with Crippen LogP contribution in [-0.4, -0.2) is 47.0 Å². The lowest BCUT2D eigenvalue weighted by molar-refractivity contribution is -0.142. The number of nitrogens with two attached hydrogens (primary N) is 1. The molecule has 0 radical (unpaired) electrons. The highest BCUT2D eigenvalue weighted by molar-refractivity contribution is 5.95. The van der Waals surface area contributed by atoms with Crippen LogP contribution in [0.15, 0.2) is 30.3 Å². The maximum absolute atomic E-state index is 12.5. The first-order chi connectivity index (χ1) is 12.9. The molecule has 3 rings (SSSR count). The van der Waals surface area contributed by atoms with Crippen molar-refractivity contribution in [1.82, 2.24) is 10.2 Å². The Kier molecular flexibility index (Phi) is 5.78. The molecule has 7 heteroatoms. The van der Waals surface area contributed by atoms with Gasteiger partial charge in [-0.2, -0.15) is 0 Å². The van der Waals surface area contributed by atoms with Gasteiger partial charge in [0.05, 0.1) is 5.92 Å². The summed E-state index contributed by atoms with van der Waals surface area (Å²) in [6.07, 6.45) is 5.53. The molecule has 27 heavy (non-hydrogen) atoms. The van der Waals surface area contributed by atoms with Gasteiger partial charge < -0.3 is 21.1 Å². The molecule has 0 aromatic heterocycles. The number of carbonyl (C=O) groups is 2. The summed E-state index contributed by atoms with van der Waals surface area (Å²) in [5.41, 5.74) is 8.46. The van der Waals surface area contributed by atoms with Crippen LogP contribution >= 0.6 is 0 Å². The molecular formula is C20H26N4O3. The molecule has 0 spiro atoms. The van der Waals surface area contributed by atoms with Gasteiger partial charge in [0.2, 0.25) is 0 Å². The van der Waals surface area contributed by atoms with Gasteiger partial charge in [-0.3, -0.25) is 10.2 Å². The summed E-state index contributed by atoms with van der Waals surface area (Å²) in [4.78, 5) is 25.3. The van der Waals surface area contributed by atoms with Gasteiger partial charge in [0.15, 0.2) is 0 Å². The molecule has 5 N–H and O–H groups in total. The fourth-order valence-corrected chi connectivity index (χ4v) is 3.73. The second-order valence-electron chi connectivity index (χ2n) is 7.25. The number of aliphatic carboxylic acids is 1. The van der Waals surface area contributed by atoms with Gasteiger partial charge in [-0.15, -0.1) is 0 Å². The van der Waals surface area contributed by atoms with Crippen molar-refractivity contribution >= 4 is 23.4 Å². The molecule has 1 aliphatic carbocycles. The molecule has 7 nitrogen and oxygen atoms in total. The van der Waals surface area contributed by atoms with Gasteiger partial charge in [0.1, 0.15) is 5.84 Å². The monoisotopic (exact) mass is 370 g/mol. The van der Waals surface area contributed by atoms with Gasteiger partial charge in [0, 0.05) is 24.7 Å². The maximum atomic E-state index is 12.5. The van der Waals surface area contributed by atoms with E-state index in [2.05, 4.69) is 11.4 Å². The molecule has 1 aromatic rings. The third kappa shape index (κ3) is 4.67. The molecule has 0 saturated heterocycles. The summed E-state index contributed by atoms with van der Waals surface area (Å²) in [6, 6.07) is 7.59. The zero-order valence-electron chi connectivity index (χ0n) is 15.3. The number of nitrogens with one attached hydrogen (secondary N) is 2. The van der Waals surface area contributed by atoms with Crippen LogP contribution in [0.3, 0.4) is 0 Å². The lowest BCUT2D eigenvalue weighted by Crippen LogP contribution is -2.47. The van der Waals surface area contributed by atoms with Crippen molar-refractivity contribution in [3.05, 3.63) is 41.5 Å². The number of benzene rings is 1. The van der Waals surface area contributed by atoms with Crippen LogP contribution in [-0.2, 0) is 4.79 Å². The number of carbonyl (C=O) groups excluding carboxylic acids is 1. The molecule has 1 aromatic carbocycles. The van der Waals surface area contributed by atoms with Gasteiger partial charge in [0.25, 0.3) is 0 Å². The van der Waals surface area contributed by atoms with Gasteiger partial charge in [-0.25, -0.2) is 4.79 Å². The summed E-state index contributed by atoms with van der Waals surface area (Å²) < 4.78 is 0. The average Bonchev–Trinajstić information content (AvgIpc) is 2.68. The van der Waals surface area contributed by atoms with Crippen molar-refractivity contribution in [1.29, 1.82) is 5.41 Å². The maximum Gasteiger partial charge on any atom is 0.317 e. The van der Waals surface area contributed by atoms with E-state index in [9.17, 15) is 9.59 Å². The van der Waals surface area contributed by atoms with E-state index in [0.29, 0.717) is 31.5 Å². The van der Waals surface area contributed by atoms with Crippen molar-refractivity contribution in [3.63, 3.8) is 0 Å². The number of hydrogen-bond acceptors (Lipinski definition) is 3. The number of nitrogens with zero attached hydrogens (tertiary/aromatic N) is 1. The fraction of sp³-hybridized carbons (Fsp3) is 0.450. The van der Waals surface area contributed by atoms with Crippen LogP contribution in [0.2, 0.25) is 0 Å². The lowest BCUT2D eigenvalue weighted by Gasteiger charge is -2.31. The Morgan fingerprint density at radius 1 is 1.15 bits per heavy atom. The standard InChI is InChI=1S/C20H26N4O3/c21-18(22)15-3-1-13(2-4-15)14-9-11-24(12-10-14)20(27)23-17-7-5-16(6-8-17)19(25)26/h1-4,9,16-17H,5-8,10-12H2,(H3,21,22)(H,23,27)(H,25,26). The Morgan fingerprint density at radius 3 is 2.33 bits per heavy atom. The summed E-state index contributed by atoms with van der Waals surface area (Å²) in [5.74, 6) is -0.947. The van der Waals surface area contributed by atoms with Crippen LogP contribution in [0.1, 0.15) is 43.2 Å². The Hall–Kier alpha value is -2.83. The first-order valence-corrected chi connectivity index (χ1v) is 9.36. The first-order valence-electron chi connectivity index (χ1n) is 9.36. The van der Waals surface area contributed by atoms with Crippen LogP contribution in [0.4, 0.5) is 4.79 Å². The van der Waals surface area contributed by atoms with Gasteiger partial charge >= 0.3 is 12.0 Å². The summed E-state index contributed by atoms with van der Waals surface area (Å²) in [7, 11) is 0. The number of urea groups is 1. The summed E-state index contributed by atoms with van der Waals surface area (Å²) in [5, 5.41) is 19.5. The molecule has 2 amide bonds. The molecule has 144 valence electrons. The van der Waals surface area contributed by atoms with Crippen molar-refractivity contribution in [2.45, 2.75) is 38.1 Å². The molecule has 1 heterocycles. The van der Waals surface area contributed by atoms with Gasteiger partial charge in [-0.05, 0) is 43.2 Å². The Bertz CT molecular complexity index is 749. The fourth-order valence-electron chi connectivity index (χ4n) is 3.73. The number of amidine groups is 1. The second kappa shape index (κ2) is 8.24. The van der Waals surface area contributed by atoms with Crippen LogP contribution in [0.25, 0.3) is 5.57 Å². The average molecular weight is 370 g/mol. The minimum absolute atomic E-state index is 0.0550. The zero-order valence-corrected chi connectivity index (χ0v) is 15.3. The van der Waals surface area contributed by atoms with Crippen molar-refractivity contribution < 1.29 is 14.7 Å². The van der Waals surface area contributed by atoms with E-state index < -0.39 is 5.97 Å². The third-order valence-electron chi connectivity index (χ3n) is 5.47. The SMILES string of the molecule is N=C(N)c1ccc(C2=CCN(C(=O)NC3CCC(C(=O)O)CC3)CC2)cc1. The van der Waals surface area contributed by atoms with E-state index in [0.717, 1.165) is 24.8 Å². The molecule has 0 unspecified atom stereocenters. The number of carboxylic acid groups (broad SMARTS) is 1. The third-order valence-corrected chi connectivity index (χ3v) is 5.47. The van der Waals surface area contributed by atoms with E-state index >= 15 is 0 Å². The number of hydrogen-bond donors (Lipinski definition) is 4. The minimum Gasteiger partial charge on any atom is -0.481 e. The second-order valence-corrected chi connectivity index (χ2v) is 7.25. The number of rotatable bonds is 4. The summed E-state index contributed by atoms with van der Waals surface area (Å²) >= 11 is 0. The van der Waals surface area contributed by atoms with Crippen LogP contribution in [0.5, 0.6) is 0 Å². The highest BCUT2D eigenvalue weighted by Gasteiger charge is 2.28. The van der Waals surface area contributed by atoms with E-state index in [4.69, 9.17) is 16.2 Å². The van der Waals surface area contributed by atoms with Crippen molar-refractivity contribution in [2.24, 2.45) is 11.7 Å². The Labute approximate surface area is 158 Å². The smallest absolute Gasteiger partial charge is 0.317 e. The zero-order chi connectivity index (χ0) is 19.4. The molecule has 0 atom stereocenters. The van der Waals surface area contributed by atoms with Gasteiger partial charge in [-0.1, -0.05) is 30.3 Å². The predicted molar refractivity (Wildman–Crippen MR) is 104 cm³/mol. The molecule has 0 bridgehead atoms. The molecular weight excluding hydrogens is 344 g/mol. The molecule has 1 fully saturated rings. The summed E-state index contributed by atoms with van der Waals surface area (Å²) in [6.45, 7) is 1.21. The number of amides is 2. The Morgan fingerprint density at radius 2 is 1.81 bits per heavy atom. The van der Waals surface area contributed by atoms with E-state index in [-0.39, 0.29) is 23.8 Å². The molecule has 2 aliphatic rings. The lowest BCUT2D eigenvalue weighted by atomic mass is 9.86.